The van der Waals surface area contributed by atoms with E-state index in [1.807, 2.05) is 6.92 Å². The van der Waals surface area contributed by atoms with Crippen LogP contribution >= 0.6 is 12.2 Å². The summed E-state index contributed by atoms with van der Waals surface area (Å²) in [5.74, 6) is 0.955. The van der Waals surface area contributed by atoms with Crippen LogP contribution < -0.4 is 10.1 Å². The molecule has 0 aliphatic carbocycles. The first-order chi connectivity index (χ1) is 9.39. The summed E-state index contributed by atoms with van der Waals surface area (Å²) in [5, 5.41) is 4.20. The van der Waals surface area contributed by atoms with E-state index in [0.29, 0.717) is 0 Å². The number of hydrogen-bond acceptors (Lipinski definition) is 2. The molecule has 0 amide bonds. The van der Waals surface area contributed by atoms with Gasteiger partial charge in [0.25, 0.3) is 0 Å². The first kappa shape index (κ1) is 13.4. The van der Waals surface area contributed by atoms with E-state index in [2.05, 4.69) is 48.8 Å². The zero-order chi connectivity index (χ0) is 14.5. The molecule has 1 saturated heterocycles. The van der Waals surface area contributed by atoms with Crippen molar-refractivity contribution in [2.75, 3.05) is 6.54 Å². The highest BCUT2D eigenvalue weighted by molar-refractivity contribution is 7.80. The Balaban J connectivity index is 2.02. The molecule has 0 radical (unpaired) electrons. The molecule has 2 aliphatic rings. The molecule has 20 heavy (non-hydrogen) atoms. The highest BCUT2D eigenvalue weighted by Crippen LogP contribution is 2.44. The summed E-state index contributed by atoms with van der Waals surface area (Å²) >= 11 is 5.53. The predicted octanol–water partition coefficient (Wildman–Crippen LogP) is 3.30. The van der Waals surface area contributed by atoms with Crippen molar-refractivity contribution >= 4 is 17.3 Å². The van der Waals surface area contributed by atoms with E-state index >= 15 is 0 Å². The molecule has 4 heteroatoms. The summed E-state index contributed by atoms with van der Waals surface area (Å²) in [7, 11) is 0. The fourth-order valence-corrected chi connectivity index (χ4v) is 3.45. The Labute approximate surface area is 125 Å². The SMILES string of the molecule is C=C(C)CN1C(=S)NC2CC1(C)Oc1ccc(C)cc12. The number of rotatable bonds is 2. The standard InChI is InChI=1S/C16H20N2OS/c1-10(2)9-18-15(20)17-13-8-16(18,4)19-14-6-5-11(3)7-12(13)14/h5-7,13H,1,8-9H2,2-4H3,(H,17,20). The minimum absolute atomic E-state index is 0.234. The molecule has 1 aromatic carbocycles. The third-order valence-electron chi connectivity index (χ3n) is 4.00. The molecule has 2 bridgehead atoms. The van der Waals surface area contributed by atoms with Gasteiger partial charge < -0.3 is 15.0 Å². The predicted molar refractivity (Wildman–Crippen MR) is 84.8 cm³/mol. The van der Waals surface area contributed by atoms with E-state index < -0.39 is 5.72 Å². The Morgan fingerprint density at radius 1 is 1.60 bits per heavy atom. The van der Waals surface area contributed by atoms with Crippen molar-refractivity contribution in [3.8, 4) is 5.75 Å². The van der Waals surface area contributed by atoms with Gasteiger partial charge in [-0.1, -0.05) is 29.8 Å². The normalized spacial score (nSPS) is 27.4. The maximum absolute atomic E-state index is 6.29. The van der Waals surface area contributed by atoms with Crippen LogP contribution in [0.3, 0.4) is 0 Å². The van der Waals surface area contributed by atoms with Gasteiger partial charge in [0.05, 0.1) is 6.04 Å². The minimum atomic E-state index is -0.395. The Morgan fingerprint density at radius 3 is 3.05 bits per heavy atom. The van der Waals surface area contributed by atoms with E-state index in [9.17, 15) is 0 Å². The summed E-state index contributed by atoms with van der Waals surface area (Å²) in [4.78, 5) is 2.10. The summed E-state index contributed by atoms with van der Waals surface area (Å²) in [5.41, 5.74) is 3.13. The second-order valence-electron chi connectivity index (χ2n) is 6.07. The van der Waals surface area contributed by atoms with Gasteiger partial charge in [-0.2, -0.15) is 0 Å². The highest BCUT2D eigenvalue weighted by Gasteiger charge is 2.47. The number of hydrogen-bond donors (Lipinski definition) is 1. The van der Waals surface area contributed by atoms with Crippen molar-refractivity contribution in [3.05, 3.63) is 41.5 Å². The van der Waals surface area contributed by atoms with Crippen molar-refractivity contribution in [2.24, 2.45) is 0 Å². The largest absolute Gasteiger partial charge is 0.468 e. The second kappa shape index (κ2) is 4.48. The Morgan fingerprint density at radius 2 is 2.35 bits per heavy atom. The van der Waals surface area contributed by atoms with Crippen LogP contribution in [0.4, 0.5) is 0 Å². The molecule has 2 heterocycles. The fraction of sp³-hybridized carbons (Fsp3) is 0.438. The van der Waals surface area contributed by atoms with Gasteiger partial charge in [0, 0.05) is 18.5 Å². The fourth-order valence-electron chi connectivity index (χ4n) is 3.05. The molecule has 1 aromatic rings. The smallest absolute Gasteiger partial charge is 0.184 e. The zero-order valence-electron chi connectivity index (χ0n) is 12.2. The van der Waals surface area contributed by atoms with Gasteiger partial charge in [-0.15, -0.1) is 0 Å². The summed E-state index contributed by atoms with van der Waals surface area (Å²) in [6, 6.07) is 6.57. The number of fused-ring (bicyclic) bond motifs is 4. The third-order valence-corrected chi connectivity index (χ3v) is 4.33. The number of benzene rings is 1. The molecular weight excluding hydrogens is 268 g/mol. The van der Waals surface area contributed by atoms with E-state index in [0.717, 1.165) is 29.4 Å². The van der Waals surface area contributed by atoms with Crippen LogP contribution in [0.5, 0.6) is 5.75 Å². The van der Waals surface area contributed by atoms with Crippen molar-refractivity contribution in [2.45, 2.75) is 39.0 Å². The van der Waals surface area contributed by atoms with Crippen LogP contribution in [-0.4, -0.2) is 22.3 Å². The van der Waals surface area contributed by atoms with Gasteiger partial charge in [-0.3, -0.25) is 0 Å². The molecule has 1 N–H and O–H groups in total. The lowest BCUT2D eigenvalue weighted by Crippen LogP contribution is -2.64. The molecule has 2 unspecified atom stereocenters. The number of nitrogens with one attached hydrogen (secondary N) is 1. The second-order valence-corrected chi connectivity index (χ2v) is 6.45. The van der Waals surface area contributed by atoms with E-state index in [1.54, 1.807) is 0 Å². The summed E-state index contributed by atoms with van der Waals surface area (Å²) in [6.45, 7) is 10.9. The van der Waals surface area contributed by atoms with Crippen molar-refractivity contribution < 1.29 is 4.74 Å². The molecule has 2 aliphatic heterocycles. The maximum Gasteiger partial charge on any atom is 0.184 e. The average Bonchev–Trinajstić information content (AvgIpc) is 2.35. The van der Waals surface area contributed by atoms with Gasteiger partial charge in [0.2, 0.25) is 0 Å². The Bertz CT molecular complexity index is 598. The van der Waals surface area contributed by atoms with E-state index in [-0.39, 0.29) is 6.04 Å². The molecule has 0 spiro atoms. The van der Waals surface area contributed by atoms with Crippen LogP contribution in [0, 0.1) is 6.92 Å². The molecule has 3 nitrogen and oxygen atoms in total. The van der Waals surface area contributed by atoms with Crippen LogP contribution in [0.2, 0.25) is 0 Å². The summed E-state index contributed by atoms with van der Waals surface area (Å²) < 4.78 is 6.29. The molecular formula is C16H20N2OS. The van der Waals surface area contributed by atoms with Crippen molar-refractivity contribution in [1.82, 2.24) is 10.2 Å². The Kier molecular flexibility index (Phi) is 3.01. The highest BCUT2D eigenvalue weighted by atomic mass is 32.1. The van der Waals surface area contributed by atoms with Gasteiger partial charge in [-0.05, 0) is 39.1 Å². The third kappa shape index (κ3) is 2.08. The number of ether oxygens (including phenoxy) is 1. The lowest BCUT2D eigenvalue weighted by atomic mass is 9.89. The average molecular weight is 288 g/mol. The quantitative estimate of drug-likeness (QED) is 0.666. The number of nitrogens with zero attached hydrogens (tertiary/aromatic N) is 1. The van der Waals surface area contributed by atoms with Gasteiger partial charge in [0.15, 0.2) is 10.8 Å². The zero-order valence-corrected chi connectivity index (χ0v) is 13.0. The first-order valence-electron chi connectivity index (χ1n) is 6.91. The first-order valence-corrected chi connectivity index (χ1v) is 7.32. The van der Waals surface area contributed by atoms with Crippen LogP contribution in [0.1, 0.15) is 37.4 Å². The molecule has 0 aromatic heterocycles. The van der Waals surface area contributed by atoms with E-state index in [1.165, 1.54) is 11.1 Å². The summed E-state index contributed by atoms with van der Waals surface area (Å²) in [6.07, 6.45) is 0.886. The van der Waals surface area contributed by atoms with Crippen LogP contribution in [0.15, 0.2) is 30.4 Å². The topological polar surface area (TPSA) is 24.5 Å². The van der Waals surface area contributed by atoms with Crippen LogP contribution in [0.25, 0.3) is 0 Å². The molecule has 3 rings (SSSR count). The maximum atomic E-state index is 6.29. The lowest BCUT2D eigenvalue weighted by Gasteiger charge is -2.52. The van der Waals surface area contributed by atoms with E-state index in [4.69, 9.17) is 17.0 Å². The monoisotopic (exact) mass is 288 g/mol. The molecule has 106 valence electrons. The van der Waals surface area contributed by atoms with Gasteiger partial charge in [-0.25, -0.2) is 0 Å². The molecule has 0 saturated carbocycles. The minimum Gasteiger partial charge on any atom is -0.468 e. The molecule has 2 atom stereocenters. The lowest BCUT2D eigenvalue weighted by molar-refractivity contribution is -0.0641. The molecule has 1 fully saturated rings. The number of thiocarbonyl (C=S) groups is 1. The van der Waals surface area contributed by atoms with Crippen molar-refractivity contribution in [3.63, 3.8) is 0 Å². The Hall–Kier alpha value is -1.55. The van der Waals surface area contributed by atoms with Crippen LogP contribution in [-0.2, 0) is 0 Å². The van der Waals surface area contributed by atoms with Gasteiger partial charge in [0.1, 0.15) is 5.75 Å². The van der Waals surface area contributed by atoms with Crippen molar-refractivity contribution in [1.29, 1.82) is 0 Å². The van der Waals surface area contributed by atoms with Gasteiger partial charge >= 0.3 is 0 Å². The number of aryl methyl sites for hydroxylation is 1.